The van der Waals surface area contributed by atoms with Crippen molar-refractivity contribution in [1.29, 1.82) is 0 Å². The predicted octanol–water partition coefficient (Wildman–Crippen LogP) is 1.60. The lowest BCUT2D eigenvalue weighted by Gasteiger charge is -2.03. The lowest BCUT2D eigenvalue weighted by atomic mass is 10.2. The van der Waals surface area contributed by atoms with Crippen LogP contribution in [0.2, 0.25) is 0 Å². The van der Waals surface area contributed by atoms with Gasteiger partial charge < -0.3 is 5.73 Å². The maximum Gasteiger partial charge on any atom is 0.0524 e. The predicted molar refractivity (Wildman–Crippen MR) is 57.0 cm³/mol. The zero-order chi connectivity index (χ0) is 10.1. The number of hydrogen-bond acceptors (Lipinski definition) is 2. The average molecular weight is 193 g/mol. The van der Waals surface area contributed by atoms with Crippen molar-refractivity contribution in [2.75, 3.05) is 6.54 Å². The van der Waals surface area contributed by atoms with Crippen LogP contribution in [0, 0.1) is 11.8 Å². The first-order valence-corrected chi connectivity index (χ1v) is 5.43. The summed E-state index contributed by atoms with van der Waals surface area (Å²) in [6, 6.07) is 0. The van der Waals surface area contributed by atoms with Crippen LogP contribution in [0.15, 0.2) is 12.4 Å². The molecule has 1 heterocycles. The quantitative estimate of drug-likeness (QED) is 0.789. The maximum atomic E-state index is 5.62. The lowest BCUT2D eigenvalue weighted by Crippen LogP contribution is -2.04. The number of rotatable bonds is 4. The molecule has 1 aliphatic rings. The molecule has 0 aliphatic heterocycles. The fourth-order valence-corrected chi connectivity index (χ4v) is 1.96. The van der Waals surface area contributed by atoms with Crippen molar-refractivity contribution in [1.82, 2.24) is 9.78 Å². The Morgan fingerprint density at radius 3 is 3.00 bits per heavy atom. The Morgan fingerprint density at radius 2 is 2.43 bits per heavy atom. The highest BCUT2D eigenvalue weighted by Crippen LogP contribution is 2.46. The van der Waals surface area contributed by atoms with Gasteiger partial charge in [0.1, 0.15) is 0 Å². The average Bonchev–Trinajstić information content (AvgIpc) is 2.79. The van der Waals surface area contributed by atoms with E-state index in [-0.39, 0.29) is 0 Å². The van der Waals surface area contributed by atoms with E-state index in [4.69, 9.17) is 5.73 Å². The molecule has 1 aliphatic carbocycles. The molecule has 3 nitrogen and oxygen atoms in total. The molecule has 78 valence electrons. The summed E-state index contributed by atoms with van der Waals surface area (Å²) in [6.07, 6.45) is 5.44. The smallest absolute Gasteiger partial charge is 0.0524 e. The van der Waals surface area contributed by atoms with Gasteiger partial charge in [0.15, 0.2) is 0 Å². The van der Waals surface area contributed by atoms with Crippen molar-refractivity contribution < 1.29 is 0 Å². The van der Waals surface area contributed by atoms with Crippen LogP contribution in [-0.4, -0.2) is 16.3 Å². The second kappa shape index (κ2) is 3.73. The topological polar surface area (TPSA) is 43.8 Å². The van der Waals surface area contributed by atoms with Gasteiger partial charge in [0.2, 0.25) is 0 Å². The van der Waals surface area contributed by atoms with Crippen LogP contribution < -0.4 is 5.73 Å². The van der Waals surface area contributed by atoms with Gasteiger partial charge in [-0.25, -0.2) is 0 Å². The zero-order valence-electron chi connectivity index (χ0n) is 8.98. The van der Waals surface area contributed by atoms with Crippen LogP contribution in [0.3, 0.4) is 0 Å². The Labute approximate surface area is 85.3 Å². The van der Waals surface area contributed by atoms with Crippen molar-refractivity contribution in [3.05, 3.63) is 18.0 Å². The van der Waals surface area contributed by atoms with Crippen LogP contribution in [0.25, 0.3) is 0 Å². The third-order valence-electron chi connectivity index (χ3n) is 2.86. The van der Waals surface area contributed by atoms with Crippen molar-refractivity contribution in [2.45, 2.75) is 32.7 Å². The van der Waals surface area contributed by atoms with Gasteiger partial charge in [-0.1, -0.05) is 13.8 Å². The van der Waals surface area contributed by atoms with Crippen LogP contribution >= 0.6 is 0 Å². The highest BCUT2D eigenvalue weighted by atomic mass is 15.3. The zero-order valence-corrected chi connectivity index (χ0v) is 8.98. The SMILES string of the molecule is CC(C)Cn1cc(C2CC2CN)cn1. The van der Waals surface area contributed by atoms with Crippen LogP contribution in [0.5, 0.6) is 0 Å². The third kappa shape index (κ3) is 1.98. The van der Waals surface area contributed by atoms with Gasteiger partial charge in [0, 0.05) is 12.7 Å². The number of nitrogens with two attached hydrogens (primary N) is 1. The summed E-state index contributed by atoms with van der Waals surface area (Å²) in [4.78, 5) is 0. The van der Waals surface area contributed by atoms with Crippen molar-refractivity contribution in [2.24, 2.45) is 17.6 Å². The highest BCUT2D eigenvalue weighted by Gasteiger charge is 2.37. The summed E-state index contributed by atoms with van der Waals surface area (Å²) >= 11 is 0. The Kier molecular flexibility index (Phi) is 2.59. The fraction of sp³-hybridized carbons (Fsp3) is 0.727. The molecule has 0 radical (unpaired) electrons. The molecule has 1 aromatic heterocycles. The lowest BCUT2D eigenvalue weighted by molar-refractivity contribution is 0.483. The molecule has 1 saturated carbocycles. The largest absolute Gasteiger partial charge is 0.330 e. The van der Waals surface area contributed by atoms with E-state index < -0.39 is 0 Å². The van der Waals surface area contributed by atoms with Gasteiger partial charge >= 0.3 is 0 Å². The van der Waals surface area contributed by atoms with E-state index >= 15 is 0 Å². The molecule has 14 heavy (non-hydrogen) atoms. The molecular formula is C11H19N3. The van der Waals surface area contributed by atoms with Gasteiger partial charge in [-0.3, -0.25) is 4.68 Å². The van der Waals surface area contributed by atoms with Gasteiger partial charge in [0.05, 0.1) is 6.20 Å². The van der Waals surface area contributed by atoms with Gasteiger partial charge in [-0.15, -0.1) is 0 Å². The van der Waals surface area contributed by atoms with E-state index in [2.05, 4.69) is 25.1 Å². The van der Waals surface area contributed by atoms with E-state index in [0.29, 0.717) is 17.8 Å². The van der Waals surface area contributed by atoms with Gasteiger partial charge in [-0.05, 0) is 36.3 Å². The minimum Gasteiger partial charge on any atom is -0.330 e. The first-order valence-electron chi connectivity index (χ1n) is 5.43. The first-order chi connectivity index (χ1) is 6.70. The Balaban J connectivity index is 1.97. The standard InChI is InChI=1S/C11H19N3/c1-8(2)6-14-7-10(5-13-14)11-3-9(11)4-12/h5,7-9,11H,3-4,6,12H2,1-2H3. The number of nitrogens with zero attached hydrogens (tertiary/aromatic N) is 2. The van der Waals surface area contributed by atoms with Gasteiger partial charge in [-0.2, -0.15) is 5.10 Å². The van der Waals surface area contributed by atoms with E-state index in [1.807, 2.05) is 10.9 Å². The molecule has 2 rings (SSSR count). The van der Waals surface area contributed by atoms with E-state index in [1.165, 1.54) is 12.0 Å². The number of aromatic nitrogens is 2. The molecule has 2 atom stereocenters. The normalized spacial score (nSPS) is 25.7. The molecule has 0 amide bonds. The summed E-state index contributed by atoms with van der Waals surface area (Å²) in [5.74, 6) is 2.07. The van der Waals surface area contributed by atoms with Gasteiger partial charge in [0.25, 0.3) is 0 Å². The van der Waals surface area contributed by atoms with Crippen molar-refractivity contribution >= 4 is 0 Å². The highest BCUT2D eigenvalue weighted by molar-refractivity contribution is 5.20. The minimum absolute atomic E-state index is 0.659. The molecule has 0 saturated heterocycles. The molecule has 3 heteroatoms. The van der Waals surface area contributed by atoms with E-state index in [1.54, 1.807) is 0 Å². The maximum absolute atomic E-state index is 5.62. The summed E-state index contributed by atoms with van der Waals surface area (Å²) in [5, 5.41) is 4.36. The third-order valence-corrected chi connectivity index (χ3v) is 2.86. The van der Waals surface area contributed by atoms with Crippen LogP contribution in [0.1, 0.15) is 31.7 Å². The molecule has 2 unspecified atom stereocenters. The Morgan fingerprint density at radius 1 is 1.64 bits per heavy atom. The molecule has 1 aromatic rings. The second-order valence-corrected chi connectivity index (χ2v) is 4.73. The number of hydrogen-bond donors (Lipinski definition) is 1. The second-order valence-electron chi connectivity index (χ2n) is 4.73. The van der Waals surface area contributed by atoms with Crippen molar-refractivity contribution in [3.8, 4) is 0 Å². The first kappa shape index (κ1) is 9.71. The monoisotopic (exact) mass is 193 g/mol. The molecule has 2 N–H and O–H groups in total. The Hall–Kier alpha value is -0.830. The van der Waals surface area contributed by atoms with Crippen LogP contribution in [0.4, 0.5) is 0 Å². The molecular weight excluding hydrogens is 174 g/mol. The Bertz CT molecular complexity index is 303. The minimum atomic E-state index is 0.659. The summed E-state index contributed by atoms with van der Waals surface area (Å²) in [5.41, 5.74) is 7.00. The summed E-state index contributed by atoms with van der Waals surface area (Å²) in [6.45, 7) is 6.25. The van der Waals surface area contributed by atoms with E-state index in [9.17, 15) is 0 Å². The summed E-state index contributed by atoms with van der Waals surface area (Å²) in [7, 11) is 0. The van der Waals surface area contributed by atoms with Crippen molar-refractivity contribution in [3.63, 3.8) is 0 Å². The van der Waals surface area contributed by atoms with E-state index in [0.717, 1.165) is 13.1 Å². The van der Waals surface area contributed by atoms with Crippen LogP contribution in [-0.2, 0) is 6.54 Å². The molecule has 1 fully saturated rings. The summed E-state index contributed by atoms with van der Waals surface area (Å²) < 4.78 is 2.05. The molecule has 0 bridgehead atoms. The molecule has 0 spiro atoms. The molecule has 0 aromatic carbocycles. The fourth-order valence-electron chi connectivity index (χ4n) is 1.96.